The molecule has 1 N–H and O–H groups in total. The molecule has 0 aliphatic carbocycles. The summed E-state index contributed by atoms with van der Waals surface area (Å²) in [6, 6.07) is 4.81. The molecule has 0 saturated carbocycles. The van der Waals surface area contributed by atoms with Crippen LogP contribution in [0.4, 0.5) is 4.39 Å². The Balaban J connectivity index is 1.95. The summed E-state index contributed by atoms with van der Waals surface area (Å²) in [5.41, 5.74) is 1.45. The van der Waals surface area contributed by atoms with Gasteiger partial charge in [0, 0.05) is 12.1 Å². The molecule has 4 nitrogen and oxygen atoms in total. The molecular weight excluding hydrogens is 269 g/mol. The second-order valence-electron chi connectivity index (χ2n) is 5.90. The molecule has 5 heteroatoms. The maximum absolute atomic E-state index is 13.5. The highest BCUT2D eigenvalue weighted by molar-refractivity contribution is 5.55. The molecule has 1 fully saturated rings. The zero-order valence-corrected chi connectivity index (χ0v) is 12.4. The highest BCUT2D eigenvalue weighted by atomic mass is 19.1. The molecule has 1 aromatic heterocycles. The fourth-order valence-electron chi connectivity index (χ4n) is 3.15. The first-order valence-corrected chi connectivity index (χ1v) is 7.45. The van der Waals surface area contributed by atoms with Crippen LogP contribution >= 0.6 is 0 Å². The van der Waals surface area contributed by atoms with E-state index in [1.165, 1.54) is 12.1 Å². The second-order valence-corrected chi connectivity index (χ2v) is 5.90. The third-order valence-electron chi connectivity index (χ3n) is 4.15. The molecule has 3 rings (SSSR count). The Morgan fingerprint density at radius 3 is 2.90 bits per heavy atom. The van der Waals surface area contributed by atoms with Gasteiger partial charge in [-0.2, -0.15) is 4.98 Å². The topological polar surface area (TPSA) is 51.0 Å². The van der Waals surface area contributed by atoms with Gasteiger partial charge in [-0.15, -0.1) is 0 Å². The fraction of sp³-hybridized carbons (Fsp3) is 0.500. The van der Waals surface area contributed by atoms with Gasteiger partial charge < -0.3 is 9.84 Å². The summed E-state index contributed by atoms with van der Waals surface area (Å²) in [6.45, 7) is 5.85. The third-order valence-corrected chi connectivity index (χ3v) is 4.15. The van der Waals surface area contributed by atoms with Crippen molar-refractivity contribution in [1.82, 2.24) is 15.5 Å². The summed E-state index contributed by atoms with van der Waals surface area (Å²) in [5, 5.41) is 7.44. The first-order chi connectivity index (χ1) is 10.1. The van der Waals surface area contributed by atoms with Crippen molar-refractivity contribution in [2.24, 2.45) is 0 Å². The van der Waals surface area contributed by atoms with Crippen LogP contribution in [0, 0.1) is 12.7 Å². The molecule has 0 bridgehead atoms. The first-order valence-electron chi connectivity index (χ1n) is 7.45. The zero-order valence-electron chi connectivity index (χ0n) is 12.4. The average molecular weight is 289 g/mol. The van der Waals surface area contributed by atoms with Gasteiger partial charge in [0.1, 0.15) is 5.82 Å². The minimum atomic E-state index is -0.276. The van der Waals surface area contributed by atoms with Crippen molar-refractivity contribution in [3.05, 3.63) is 35.5 Å². The van der Waals surface area contributed by atoms with Gasteiger partial charge >= 0.3 is 0 Å². The van der Waals surface area contributed by atoms with Crippen molar-refractivity contribution in [2.75, 3.05) is 13.1 Å². The molecule has 2 aromatic rings. The number of nitrogens with zero attached hydrogens (tertiary/aromatic N) is 2. The van der Waals surface area contributed by atoms with Crippen LogP contribution < -0.4 is 5.32 Å². The summed E-state index contributed by atoms with van der Waals surface area (Å²) in [4.78, 5) is 4.55. The minimum absolute atomic E-state index is 0.0671. The molecule has 0 amide bonds. The van der Waals surface area contributed by atoms with Gasteiger partial charge in [0.25, 0.3) is 0 Å². The van der Waals surface area contributed by atoms with Crippen molar-refractivity contribution in [2.45, 2.75) is 38.5 Å². The van der Waals surface area contributed by atoms with Gasteiger partial charge in [-0.3, -0.25) is 0 Å². The van der Waals surface area contributed by atoms with Crippen LogP contribution in [-0.2, 0) is 5.41 Å². The second kappa shape index (κ2) is 5.56. The summed E-state index contributed by atoms with van der Waals surface area (Å²) >= 11 is 0. The molecular formula is C16H20FN3O. The van der Waals surface area contributed by atoms with E-state index in [-0.39, 0.29) is 11.2 Å². The van der Waals surface area contributed by atoms with Gasteiger partial charge in [0.2, 0.25) is 11.7 Å². The third kappa shape index (κ3) is 2.70. The number of hydrogen-bond donors (Lipinski definition) is 1. The van der Waals surface area contributed by atoms with E-state index in [0.717, 1.165) is 37.9 Å². The van der Waals surface area contributed by atoms with E-state index in [4.69, 9.17) is 4.52 Å². The van der Waals surface area contributed by atoms with Gasteiger partial charge in [-0.1, -0.05) is 18.5 Å². The lowest BCUT2D eigenvalue weighted by Crippen LogP contribution is -2.29. The standard InChI is InChI=1S/C16H20FN3O/c1-3-4-16(5-6-18-10-16)15-19-14(20-21-15)12-7-11(2)8-13(17)9-12/h7-9,18H,3-6,10H2,1-2H3. The van der Waals surface area contributed by atoms with Crippen LogP contribution in [-0.4, -0.2) is 23.2 Å². The predicted octanol–water partition coefficient (Wildman–Crippen LogP) is 3.22. The average Bonchev–Trinajstić information content (AvgIpc) is 3.07. The van der Waals surface area contributed by atoms with Crippen molar-refractivity contribution in [3.63, 3.8) is 0 Å². The molecule has 1 aromatic carbocycles. The number of halogens is 1. The molecule has 0 radical (unpaired) electrons. The number of hydrogen-bond acceptors (Lipinski definition) is 4. The van der Waals surface area contributed by atoms with E-state index in [9.17, 15) is 4.39 Å². The molecule has 1 aliphatic heterocycles. The van der Waals surface area contributed by atoms with Crippen LogP contribution in [0.5, 0.6) is 0 Å². The van der Waals surface area contributed by atoms with Gasteiger partial charge in [0.15, 0.2) is 0 Å². The molecule has 112 valence electrons. The highest BCUT2D eigenvalue weighted by Gasteiger charge is 2.40. The Labute approximate surface area is 123 Å². The lowest BCUT2D eigenvalue weighted by molar-refractivity contribution is 0.277. The number of aromatic nitrogens is 2. The minimum Gasteiger partial charge on any atom is -0.338 e. The quantitative estimate of drug-likeness (QED) is 0.939. The number of benzene rings is 1. The zero-order chi connectivity index (χ0) is 14.9. The highest BCUT2D eigenvalue weighted by Crippen LogP contribution is 2.35. The lowest BCUT2D eigenvalue weighted by atomic mass is 9.82. The largest absolute Gasteiger partial charge is 0.338 e. The van der Waals surface area contributed by atoms with Gasteiger partial charge in [0.05, 0.1) is 5.41 Å². The fourth-order valence-corrected chi connectivity index (χ4v) is 3.15. The maximum Gasteiger partial charge on any atom is 0.234 e. The van der Waals surface area contributed by atoms with Gasteiger partial charge in [-0.05, 0) is 50.1 Å². The van der Waals surface area contributed by atoms with Crippen LogP contribution in [0.25, 0.3) is 11.4 Å². The normalized spacial score (nSPS) is 21.9. The Morgan fingerprint density at radius 2 is 2.24 bits per heavy atom. The Kier molecular flexibility index (Phi) is 3.76. The van der Waals surface area contributed by atoms with Crippen LogP contribution in [0.3, 0.4) is 0 Å². The molecule has 1 saturated heterocycles. The maximum atomic E-state index is 13.5. The van der Waals surface area contributed by atoms with E-state index in [1.807, 2.05) is 13.0 Å². The van der Waals surface area contributed by atoms with E-state index in [0.29, 0.717) is 17.3 Å². The summed E-state index contributed by atoms with van der Waals surface area (Å²) in [5.74, 6) is 0.864. The van der Waals surface area contributed by atoms with Crippen molar-refractivity contribution in [3.8, 4) is 11.4 Å². The SMILES string of the molecule is CCCC1(c2nc(-c3cc(C)cc(F)c3)no2)CCNC1. The van der Waals surface area contributed by atoms with Crippen LogP contribution in [0.1, 0.15) is 37.6 Å². The van der Waals surface area contributed by atoms with E-state index >= 15 is 0 Å². The molecule has 0 spiro atoms. The number of nitrogens with one attached hydrogen (secondary N) is 1. The Hall–Kier alpha value is -1.75. The molecule has 1 unspecified atom stereocenters. The van der Waals surface area contributed by atoms with Crippen LogP contribution in [0.2, 0.25) is 0 Å². The molecule has 1 atom stereocenters. The van der Waals surface area contributed by atoms with E-state index in [1.54, 1.807) is 0 Å². The van der Waals surface area contributed by atoms with Crippen molar-refractivity contribution < 1.29 is 8.91 Å². The monoisotopic (exact) mass is 289 g/mol. The Bertz CT molecular complexity index is 612. The smallest absolute Gasteiger partial charge is 0.234 e. The molecule has 2 heterocycles. The molecule has 1 aliphatic rings. The predicted molar refractivity (Wildman–Crippen MR) is 78.5 cm³/mol. The number of rotatable bonds is 4. The van der Waals surface area contributed by atoms with Crippen molar-refractivity contribution >= 4 is 0 Å². The Morgan fingerprint density at radius 1 is 1.38 bits per heavy atom. The van der Waals surface area contributed by atoms with E-state index in [2.05, 4.69) is 22.4 Å². The van der Waals surface area contributed by atoms with Crippen LogP contribution in [0.15, 0.2) is 22.7 Å². The summed E-state index contributed by atoms with van der Waals surface area (Å²) in [7, 11) is 0. The summed E-state index contributed by atoms with van der Waals surface area (Å²) < 4.78 is 19.0. The summed E-state index contributed by atoms with van der Waals surface area (Å²) in [6.07, 6.45) is 3.09. The van der Waals surface area contributed by atoms with Gasteiger partial charge in [-0.25, -0.2) is 4.39 Å². The molecule has 21 heavy (non-hydrogen) atoms. The van der Waals surface area contributed by atoms with E-state index < -0.39 is 0 Å². The first kappa shape index (κ1) is 14.2. The number of aryl methyl sites for hydroxylation is 1. The van der Waals surface area contributed by atoms with Crippen molar-refractivity contribution in [1.29, 1.82) is 0 Å². The lowest BCUT2D eigenvalue weighted by Gasteiger charge is -2.22.